The summed E-state index contributed by atoms with van der Waals surface area (Å²) >= 11 is 0. The summed E-state index contributed by atoms with van der Waals surface area (Å²) in [6.07, 6.45) is 0. The van der Waals surface area contributed by atoms with Crippen LogP contribution in [0.15, 0.2) is 53.1 Å². The van der Waals surface area contributed by atoms with Gasteiger partial charge in [0.2, 0.25) is 5.88 Å². The van der Waals surface area contributed by atoms with Crippen molar-refractivity contribution in [2.45, 2.75) is 20.8 Å². The van der Waals surface area contributed by atoms with Gasteiger partial charge in [-0.1, -0.05) is 47.1 Å². The van der Waals surface area contributed by atoms with Gasteiger partial charge in [-0.3, -0.25) is 10.1 Å². The van der Waals surface area contributed by atoms with Crippen LogP contribution in [0.2, 0.25) is 0 Å². The largest absolute Gasteiger partial charge is 0.482 e. The average Bonchev–Trinajstić information content (AvgIpc) is 3.16. The summed E-state index contributed by atoms with van der Waals surface area (Å²) in [4.78, 5) is 23.8. The molecule has 0 bridgehead atoms. The molecule has 1 heterocycles. The van der Waals surface area contributed by atoms with Crippen LogP contribution in [0.4, 0.5) is 5.88 Å². The lowest BCUT2D eigenvalue weighted by Crippen LogP contribution is -2.23. The molecule has 3 rings (SSSR count). The van der Waals surface area contributed by atoms with Gasteiger partial charge in [0.15, 0.2) is 13.2 Å². The Bertz CT molecular complexity index is 1010. The molecule has 0 radical (unpaired) electrons. The molecule has 1 aromatic heterocycles. The molecule has 0 aliphatic heterocycles. The summed E-state index contributed by atoms with van der Waals surface area (Å²) in [7, 11) is 0. The molecule has 2 aromatic carbocycles. The van der Waals surface area contributed by atoms with Gasteiger partial charge >= 0.3 is 5.97 Å². The molecular weight excluding hydrogens is 372 g/mol. The van der Waals surface area contributed by atoms with Crippen LogP contribution in [0.3, 0.4) is 0 Å². The first-order valence-corrected chi connectivity index (χ1v) is 9.10. The molecule has 0 fully saturated rings. The second kappa shape index (κ2) is 9.05. The van der Waals surface area contributed by atoms with Crippen LogP contribution in [-0.2, 0) is 14.3 Å². The Morgan fingerprint density at radius 3 is 2.55 bits per heavy atom. The summed E-state index contributed by atoms with van der Waals surface area (Å²) in [5.74, 6) is -0.388. The third-order valence-corrected chi connectivity index (χ3v) is 4.38. The van der Waals surface area contributed by atoms with Crippen LogP contribution in [0.1, 0.15) is 16.7 Å². The number of nitrogens with one attached hydrogen (secondary N) is 1. The Morgan fingerprint density at radius 2 is 1.79 bits per heavy atom. The molecule has 7 heteroatoms. The van der Waals surface area contributed by atoms with E-state index in [1.165, 1.54) is 0 Å². The van der Waals surface area contributed by atoms with Crippen molar-refractivity contribution in [2.24, 2.45) is 0 Å². The maximum absolute atomic E-state index is 12.0. The highest BCUT2D eigenvalue weighted by molar-refractivity contribution is 5.92. The first-order chi connectivity index (χ1) is 13.9. The quantitative estimate of drug-likeness (QED) is 0.613. The SMILES string of the molecule is Cc1ccc(-c2cc(NC(=O)COC(=O)COc3cccc(C)c3C)on2)cc1. The van der Waals surface area contributed by atoms with E-state index in [1.54, 1.807) is 12.1 Å². The highest BCUT2D eigenvalue weighted by Gasteiger charge is 2.13. The molecule has 0 spiro atoms. The Morgan fingerprint density at radius 1 is 1.03 bits per heavy atom. The number of carbonyl (C=O) groups is 2. The first kappa shape index (κ1) is 20.1. The topological polar surface area (TPSA) is 90.7 Å². The Labute approximate surface area is 168 Å². The van der Waals surface area contributed by atoms with Crippen molar-refractivity contribution < 1.29 is 23.6 Å². The average molecular weight is 394 g/mol. The standard InChI is InChI=1S/C22H22N2O5/c1-14-7-9-17(10-8-14)18-11-21(29-24-18)23-20(25)12-28-22(26)13-27-19-6-4-5-15(2)16(19)3/h4-11H,12-13H2,1-3H3,(H,23,25). The molecule has 7 nitrogen and oxygen atoms in total. The van der Waals surface area contributed by atoms with Crippen LogP contribution < -0.4 is 10.1 Å². The van der Waals surface area contributed by atoms with E-state index >= 15 is 0 Å². The molecule has 150 valence electrons. The number of aromatic nitrogens is 1. The van der Waals surface area contributed by atoms with Crippen molar-refractivity contribution in [1.29, 1.82) is 0 Å². The molecule has 0 aliphatic carbocycles. The zero-order valence-electron chi connectivity index (χ0n) is 16.5. The van der Waals surface area contributed by atoms with Crippen LogP contribution in [-0.4, -0.2) is 30.2 Å². The normalized spacial score (nSPS) is 10.4. The van der Waals surface area contributed by atoms with Gasteiger partial charge in [0.05, 0.1) is 0 Å². The second-order valence-electron chi connectivity index (χ2n) is 6.64. The molecular formula is C22H22N2O5. The molecule has 0 atom stereocenters. The molecule has 0 saturated heterocycles. The zero-order valence-corrected chi connectivity index (χ0v) is 16.5. The number of hydrogen-bond acceptors (Lipinski definition) is 6. The number of amides is 1. The summed E-state index contributed by atoms with van der Waals surface area (Å²) in [5, 5.41) is 6.43. The fraction of sp³-hybridized carbons (Fsp3) is 0.227. The van der Waals surface area contributed by atoms with Crippen LogP contribution in [0.5, 0.6) is 5.75 Å². The zero-order chi connectivity index (χ0) is 20.8. The minimum Gasteiger partial charge on any atom is -0.482 e. The van der Waals surface area contributed by atoms with E-state index < -0.39 is 18.5 Å². The number of carbonyl (C=O) groups excluding carboxylic acids is 2. The lowest BCUT2D eigenvalue weighted by atomic mass is 10.1. The lowest BCUT2D eigenvalue weighted by Gasteiger charge is -2.10. The third kappa shape index (κ3) is 5.44. The first-order valence-electron chi connectivity index (χ1n) is 9.10. The molecule has 3 aromatic rings. The Kier molecular flexibility index (Phi) is 6.29. The van der Waals surface area contributed by atoms with Crippen LogP contribution in [0.25, 0.3) is 11.3 Å². The summed E-state index contributed by atoms with van der Waals surface area (Å²) in [6, 6.07) is 14.9. The molecule has 0 saturated carbocycles. The van der Waals surface area contributed by atoms with E-state index in [9.17, 15) is 9.59 Å². The number of nitrogens with zero attached hydrogens (tertiary/aromatic N) is 1. The highest BCUT2D eigenvalue weighted by atomic mass is 16.6. The van der Waals surface area contributed by atoms with E-state index in [1.807, 2.05) is 57.2 Å². The van der Waals surface area contributed by atoms with E-state index in [-0.39, 0.29) is 12.5 Å². The third-order valence-electron chi connectivity index (χ3n) is 4.38. The van der Waals surface area contributed by atoms with Gasteiger partial charge < -0.3 is 14.0 Å². The summed E-state index contributed by atoms with van der Waals surface area (Å²) < 4.78 is 15.5. The van der Waals surface area contributed by atoms with Crippen molar-refractivity contribution >= 4 is 17.8 Å². The van der Waals surface area contributed by atoms with Crippen LogP contribution in [0, 0.1) is 20.8 Å². The summed E-state index contributed by atoms with van der Waals surface area (Å²) in [5.41, 5.74) is 4.61. The number of rotatable bonds is 7. The predicted octanol–water partition coefficient (Wildman–Crippen LogP) is 3.83. The predicted molar refractivity (Wildman–Crippen MR) is 108 cm³/mol. The Hall–Kier alpha value is -3.61. The number of ether oxygens (including phenoxy) is 2. The lowest BCUT2D eigenvalue weighted by molar-refractivity contribution is -0.149. The van der Waals surface area contributed by atoms with Gasteiger partial charge in [0.25, 0.3) is 5.91 Å². The van der Waals surface area contributed by atoms with E-state index in [2.05, 4.69) is 10.5 Å². The maximum atomic E-state index is 12.0. The molecule has 29 heavy (non-hydrogen) atoms. The van der Waals surface area contributed by atoms with Crippen molar-refractivity contribution in [3.05, 3.63) is 65.2 Å². The molecule has 1 amide bonds. The number of anilines is 1. The van der Waals surface area contributed by atoms with Crippen molar-refractivity contribution in [3.8, 4) is 17.0 Å². The minimum absolute atomic E-state index is 0.174. The monoisotopic (exact) mass is 394 g/mol. The number of esters is 1. The fourth-order valence-electron chi connectivity index (χ4n) is 2.57. The summed E-state index contributed by atoms with van der Waals surface area (Å²) in [6.45, 7) is 5.13. The second-order valence-corrected chi connectivity index (χ2v) is 6.64. The highest BCUT2D eigenvalue weighted by Crippen LogP contribution is 2.22. The van der Waals surface area contributed by atoms with Gasteiger partial charge in [-0.25, -0.2) is 4.79 Å². The van der Waals surface area contributed by atoms with Crippen molar-refractivity contribution in [1.82, 2.24) is 5.16 Å². The Balaban J connectivity index is 1.45. The van der Waals surface area contributed by atoms with Gasteiger partial charge in [0.1, 0.15) is 11.4 Å². The van der Waals surface area contributed by atoms with E-state index in [0.717, 1.165) is 22.3 Å². The fourth-order valence-corrected chi connectivity index (χ4v) is 2.57. The number of aryl methyl sites for hydroxylation is 2. The number of benzene rings is 2. The van der Waals surface area contributed by atoms with Crippen molar-refractivity contribution in [2.75, 3.05) is 18.5 Å². The minimum atomic E-state index is -0.640. The van der Waals surface area contributed by atoms with Gasteiger partial charge in [-0.05, 0) is 38.0 Å². The molecule has 0 unspecified atom stereocenters. The van der Waals surface area contributed by atoms with Gasteiger partial charge in [-0.2, -0.15) is 0 Å². The molecule has 1 N–H and O–H groups in total. The smallest absolute Gasteiger partial charge is 0.344 e. The van der Waals surface area contributed by atoms with E-state index in [0.29, 0.717) is 11.4 Å². The number of hydrogen-bond donors (Lipinski definition) is 1. The van der Waals surface area contributed by atoms with Crippen molar-refractivity contribution in [3.63, 3.8) is 0 Å². The van der Waals surface area contributed by atoms with Crippen LogP contribution >= 0.6 is 0 Å². The van der Waals surface area contributed by atoms with Gasteiger partial charge in [0, 0.05) is 11.6 Å². The van der Waals surface area contributed by atoms with E-state index in [4.69, 9.17) is 14.0 Å². The maximum Gasteiger partial charge on any atom is 0.344 e. The molecule has 0 aliphatic rings. The van der Waals surface area contributed by atoms with Gasteiger partial charge in [-0.15, -0.1) is 0 Å².